The molecule has 1 atom stereocenters. The van der Waals surface area contributed by atoms with Crippen molar-refractivity contribution in [3.8, 4) is 0 Å². The Kier molecular flexibility index (Phi) is 3.23. The Balaban J connectivity index is 1.80. The minimum Gasteiger partial charge on any atom is -0.354 e. The van der Waals surface area contributed by atoms with Crippen LogP contribution in [0.3, 0.4) is 0 Å². The van der Waals surface area contributed by atoms with Crippen molar-refractivity contribution in [1.82, 2.24) is 20.0 Å². The Hall–Kier alpha value is -2.22. The van der Waals surface area contributed by atoms with Crippen LogP contribution in [-0.4, -0.2) is 33.8 Å². The number of thiazole rings is 1. The van der Waals surface area contributed by atoms with E-state index in [1.165, 1.54) is 21.9 Å². The van der Waals surface area contributed by atoms with Gasteiger partial charge >= 0.3 is 0 Å². The SMILES string of the molecule is O=C1CCC(NC(=O)c2cnc3sccn3c2=O)CN1. The van der Waals surface area contributed by atoms with E-state index < -0.39 is 5.91 Å². The molecule has 2 aromatic rings. The Labute approximate surface area is 117 Å². The molecule has 3 rings (SSSR count). The number of nitrogens with one attached hydrogen (secondary N) is 2. The van der Waals surface area contributed by atoms with Gasteiger partial charge in [0.05, 0.1) is 0 Å². The zero-order valence-electron chi connectivity index (χ0n) is 10.5. The van der Waals surface area contributed by atoms with Gasteiger partial charge in [0.2, 0.25) is 5.91 Å². The quantitative estimate of drug-likeness (QED) is 0.799. The molecule has 1 fully saturated rings. The molecule has 0 aromatic carbocycles. The number of carbonyl (C=O) groups is 2. The molecule has 2 N–H and O–H groups in total. The van der Waals surface area contributed by atoms with Gasteiger partial charge in [-0.05, 0) is 6.42 Å². The van der Waals surface area contributed by atoms with Gasteiger partial charge in [0.1, 0.15) is 5.56 Å². The Morgan fingerprint density at radius 2 is 2.35 bits per heavy atom. The van der Waals surface area contributed by atoms with E-state index in [0.717, 1.165) is 0 Å². The number of hydrogen-bond acceptors (Lipinski definition) is 5. The van der Waals surface area contributed by atoms with Crippen molar-refractivity contribution < 1.29 is 9.59 Å². The second-order valence-corrected chi connectivity index (χ2v) is 5.42. The maximum absolute atomic E-state index is 12.1. The van der Waals surface area contributed by atoms with E-state index in [-0.39, 0.29) is 23.1 Å². The second kappa shape index (κ2) is 5.04. The maximum atomic E-state index is 12.1. The molecule has 1 aliphatic rings. The molecule has 1 unspecified atom stereocenters. The molecule has 0 spiro atoms. The van der Waals surface area contributed by atoms with Crippen molar-refractivity contribution >= 4 is 28.1 Å². The summed E-state index contributed by atoms with van der Waals surface area (Å²) in [5.41, 5.74) is -0.369. The lowest BCUT2D eigenvalue weighted by atomic mass is 10.1. The predicted octanol–water partition coefficient (Wildman–Crippen LogP) is -0.236. The van der Waals surface area contributed by atoms with E-state index in [2.05, 4.69) is 15.6 Å². The smallest absolute Gasteiger partial charge is 0.271 e. The normalized spacial score (nSPS) is 18.8. The van der Waals surface area contributed by atoms with Gasteiger partial charge in [0, 0.05) is 36.8 Å². The average Bonchev–Trinajstić information content (AvgIpc) is 2.91. The number of hydrogen-bond donors (Lipinski definition) is 2. The number of aromatic nitrogens is 2. The third-order valence-corrected chi connectivity index (χ3v) is 3.96. The lowest BCUT2D eigenvalue weighted by Gasteiger charge is -2.23. The van der Waals surface area contributed by atoms with Crippen LogP contribution in [-0.2, 0) is 4.79 Å². The predicted molar refractivity (Wildman–Crippen MR) is 72.8 cm³/mol. The molecule has 20 heavy (non-hydrogen) atoms. The first-order chi connectivity index (χ1) is 9.65. The summed E-state index contributed by atoms with van der Waals surface area (Å²) in [7, 11) is 0. The van der Waals surface area contributed by atoms with Crippen LogP contribution in [0.2, 0.25) is 0 Å². The van der Waals surface area contributed by atoms with E-state index in [1.54, 1.807) is 11.6 Å². The molecule has 7 nitrogen and oxygen atoms in total. The number of piperidine rings is 1. The first-order valence-corrected chi connectivity index (χ1v) is 7.05. The molecule has 0 aliphatic carbocycles. The summed E-state index contributed by atoms with van der Waals surface area (Å²) in [5.74, 6) is -0.471. The van der Waals surface area contributed by atoms with Gasteiger partial charge in [-0.1, -0.05) is 0 Å². The van der Waals surface area contributed by atoms with Gasteiger partial charge in [-0.25, -0.2) is 4.98 Å². The zero-order chi connectivity index (χ0) is 14.1. The zero-order valence-corrected chi connectivity index (χ0v) is 11.3. The molecule has 0 saturated carbocycles. The van der Waals surface area contributed by atoms with E-state index in [9.17, 15) is 14.4 Å². The monoisotopic (exact) mass is 292 g/mol. The Morgan fingerprint density at radius 3 is 3.10 bits per heavy atom. The van der Waals surface area contributed by atoms with Crippen LogP contribution in [0.25, 0.3) is 4.96 Å². The highest BCUT2D eigenvalue weighted by Crippen LogP contribution is 2.07. The van der Waals surface area contributed by atoms with Gasteiger partial charge in [-0.15, -0.1) is 11.3 Å². The third-order valence-electron chi connectivity index (χ3n) is 3.19. The molecular weight excluding hydrogens is 280 g/mol. The summed E-state index contributed by atoms with van der Waals surface area (Å²) in [6, 6.07) is -0.150. The van der Waals surface area contributed by atoms with E-state index in [1.807, 2.05) is 0 Å². The van der Waals surface area contributed by atoms with Gasteiger partial charge in [0.25, 0.3) is 11.5 Å². The minimum atomic E-state index is -0.454. The molecule has 1 saturated heterocycles. The van der Waals surface area contributed by atoms with E-state index in [0.29, 0.717) is 24.3 Å². The van der Waals surface area contributed by atoms with Crippen LogP contribution < -0.4 is 16.2 Å². The first kappa shape index (κ1) is 12.8. The van der Waals surface area contributed by atoms with Gasteiger partial charge in [-0.3, -0.25) is 18.8 Å². The molecule has 3 heterocycles. The van der Waals surface area contributed by atoms with Crippen LogP contribution in [0.5, 0.6) is 0 Å². The molecular formula is C12H12N4O3S. The van der Waals surface area contributed by atoms with Gasteiger partial charge in [0.15, 0.2) is 4.96 Å². The average molecular weight is 292 g/mol. The Bertz CT molecular complexity index is 726. The summed E-state index contributed by atoms with van der Waals surface area (Å²) in [5, 5.41) is 7.17. The van der Waals surface area contributed by atoms with Gasteiger partial charge < -0.3 is 10.6 Å². The van der Waals surface area contributed by atoms with E-state index >= 15 is 0 Å². The number of fused-ring (bicyclic) bond motifs is 1. The molecule has 2 amide bonds. The van der Waals surface area contributed by atoms with Gasteiger partial charge in [-0.2, -0.15) is 0 Å². The maximum Gasteiger partial charge on any atom is 0.271 e. The minimum absolute atomic E-state index is 0.0119. The fourth-order valence-corrected chi connectivity index (χ4v) is 2.77. The van der Waals surface area contributed by atoms with Crippen molar-refractivity contribution in [2.75, 3.05) is 6.54 Å². The van der Waals surface area contributed by atoms with Crippen molar-refractivity contribution in [1.29, 1.82) is 0 Å². The number of nitrogens with zero attached hydrogens (tertiary/aromatic N) is 2. The summed E-state index contributed by atoms with van der Waals surface area (Å²) < 4.78 is 1.35. The topological polar surface area (TPSA) is 92.6 Å². The largest absolute Gasteiger partial charge is 0.354 e. The molecule has 8 heteroatoms. The second-order valence-electron chi connectivity index (χ2n) is 4.55. The van der Waals surface area contributed by atoms with Crippen LogP contribution in [0, 0.1) is 0 Å². The van der Waals surface area contributed by atoms with Crippen molar-refractivity contribution in [2.24, 2.45) is 0 Å². The van der Waals surface area contributed by atoms with Crippen molar-refractivity contribution in [3.05, 3.63) is 33.7 Å². The fourth-order valence-electron chi connectivity index (χ4n) is 2.10. The molecule has 104 valence electrons. The molecule has 0 bridgehead atoms. The molecule has 0 radical (unpaired) electrons. The summed E-state index contributed by atoms with van der Waals surface area (Å²) in [6.07, 6.45) is 3.84. The number of rotatable bonds is 2. The number of amides is 2. The van der Waals surface area contributed by atoms with E-state index in [4.69, 9.17) is 0 Å². The lowest BCUT2D eigenvalue weighted by Crippen LogP contribution is -2.48. The van der Waals surface area contributed by atoms with Crippen LogP contribution >= 0.6 is 11.3 Å². The summed E-state index contributed by atoms with van der Waals surface area (Å²) in [4.78, 5) is 39.9. The molecule has 1 aliphatic heterocycles. The first-order valence-electron chi connectivity index (χ1n) is 6.17. The fraction of sp³-hybridized carbons (Fsp3) is 0.333. The Morgan fingerprint density at radius 1 is 1.50 bits per heavy atom. The van der Waals surface area contributed by atoms with Crippen LogP contribution in [0.4, 0.5) is 0 Å². The summed E-state index contributed by atoms with van der Waals surface area (Å²) in [6.45, 7) is 0.389. The number of carbonyl (C=O) groups excluding carboxylic acids is 2. The summed E-state index contributed by atoms with van der Waals surface area (Å²) >= 11 is 1.33. The van der Waals surface area contributed by atoms with Crippen LogP contribution in [0.15, 0.2) is 22.6 Å². The van der Waals surface area contributed by atoms with Crippen LogP contribution in [0.1, 0.15) is 23.2 Å². The highest BCUT2D eigenvalue weighted by atomic mass is 32.1. The highest BCUT2D eigenvalue weighted by Gasteiger charge is 2.22. The third kappa shape index (κ3) is 2.29. The van der Waals surface area contributed by atoms with Crippen molar-refractivity contribution in [2.45, 2.75) is 18.9 Å². The molecule has 2 aromatic heterocycles. The van der Waals surface area contributed by atoms with Crippen molar-refractivity contribution in [3.63, 3.8) is 0 Å². The lowest BCUT2D eigenvalue weighted by molar-refractivity contribution is -0.122. The standard InChI is InChI=1S/C12H12N4O3S/c17-9-2-1-7(5-13-9)15-10(18)8-6-14-12-16(11(8)19)3-4-20-12/h3-4,6-7H,1-2,5H2,(H,13,17)(H,15,18). The highest BCUT2D eigenvalue weighted by molar-refractivity contribution is 7.15.